The first-order valence-corrected chi connectivity index (χ1v) is 10.1. The molecule has 1 saturated heterocycles. The van der Waals surface area contributed by atoms with Crippen LogP contribution in [0.25, 0.3) is 5.82 Å². The lowest BCUT2D eigenvalue weighted by Crippen LogP contribution is -2.35. The molecule has 3 heterocycles. The van der Waals surface area contributed by atoms with Gasteiger partial charge in [-0.3, -0.25) is 9.59 Å². The van der Waals surface area contributed by atoms with Gasteiger partial charge >= 0.3 is 0 Å². The van der Waals surface area contributed by atoms with Crippen LogP contribution in [0.4, 0.5) is 15.9 Å². The fourth-order valence-electron chi connectivity index (χ4n) is 3.54. The van der Waals surface area contributed by atoms with E-state index in [2.05, 4.69) is 20.6 Å². The Hall–Kier alpha value is -3.75. The topological polar surface area (TPSA) is 92.1 Å². The summed E-state index contributed by atoms with van der Waals surface area (Å²) in [6, 6.07) is 11.4. The molecular weight excluding hydrogens is 399 g/mol. The monoisotopic (exact) mass is 422 g/mol. The van der Waals surface area contributed by atoms with Gasteiger partial charge in [0, 0.05) is 50.2 Å². The van der Waals surface area contributed by atoms with Gasteiger partial charge in [-0.2, -0.15) is 0 Å². The van der Waals surface area contributed by atoms with Crippen molar-refractivity contribution in [3.63, 3.8) is 0 Å². The molecule has 0 aliphatic carbocycles. The molecule has 1 atom stereocenters. The number of amides is 2. The van der Waals surface area contributed by atoms with Gasteiger partial charge in [-0.15, -0.1) is 0 Å². The first-order valence-electron chi connectivity index (χ1n) is 10.1. The summed E-state index contributed by atoms with van der Waals surface area (Å²) >= 11 is 0. The Morgan fingerprint density at radius 3 is 2.65 bits per heavy atom. The summed E-state index contributed by atoms with van der Waals surface area (Å²) in [4.78, 5) is 35.1. The average molecular weight is 422 g/mol. The molecule has 31 heavy (non-hydrogen) atoms. The summed E-state index contributed by atoms with van der Waals surface area (Å²) in [7, 11) is 0. The number of hydrogen-bond donors (Lipinski definition) is 2. The van der Waals surface area contributed by atoms with Crippen molar-refractivity contribution >= 4 is 23.3 Å². The second-order valence-electron chi connectivity index (χ2n) is 7.35. The summed E-state index contributed by atoms with van der Waals surface area (Å²) < 4.78 is 15.0. The van der Waals surface area contributed by atoms with Gasteiger partial charge in [-0.25, -0.2) is 14.4 Å². The first kappa shape index (κ1) is 20.5. The lowest BCUT2D eigenvalue weighted by atomic mass is 10.1. The predicted octanol–water partition coefficient (Wildman–Crippen LogP) is 2.30. The van der Waals surface area contributed by atoms with Crippen molar-refractivity contribution in [2.24, 2.45) is 5.92 Å². The largest absolute Gasteiger partial charge is 0.368 e. The standard InChI is InChI=1S/C22H23FN6O2/c1-15-26-19(13-20(27-15)28-10-2-3-11-28)24-8-9-25-22(31)16-12-21(30)29(14-16)18-6-4-17(23)5-7-18/h2-7,10-11,13,16H,8-9,12,14H2,1H3,(H,25,31)(H,24,26,27). The number of carbonyl (C=O) groups is 2. The number of benzene rings is 1. The Balaban J connectivity index is 1.27. The molecule has 0 radical (unpaired) electrons. The zero-order chi connectivity index (χ0) is 21.8. The molecule has 1 fully saturated rings. The zero-order valence-corrected chi connectivity index (χ0v) is 17.1. The molecule has 160 valence electrons. The van der Waals surface area contributed by atoms with E-state index in [0.717, 1.165) is 5.82 Å². The predicted molar refractivity (Wildman–Crippen MR) is 114 cm³/mol. The summed E-state index contributed by atoms with van der Waals surface area (Å²) in [5.74, 6) is 0.961. The van der Waals surface area contributed by atoms with E-state index in [-0.39, 0.29) is 30.6 Å². The first-order chi connectivity index (χ1) is 15.0. The summed E-state index contributed by atoms with van der Waals surface area (Å²) in [5, 5.41) is 6.05. The smallest absolute Gasteiger partial charge is 0.227 e. The molecule has 4 rings (SSSR count). The average Bonchev–Trinajstić information content (AvgIpc) is 3.41. The molecule has 0 bridgehead atoms. The minimum atomic E-state index is -0.431. The van der Waals surface area contributed by atoms with Crippen LogP contribution in [0.3, 0.4) is 0 Å². The number of rotatable bonds is 7. The highest BCUT2D eigenvalue weighted by molar-refractivity contribution is 6.00. The molecule has 8 nitrogen and oxygen atoms in total. The number of aromatic nitrogens is 3. The molecule has 0 saturated carbocycles. The maximum atomic E-state index is 13.1. The Morgan fingerprint density at radius 2 is 1.90 bits per heavy atom. The SMILES string of the molecule is Cc1nc(NCCNC(=O)C2CC(=O)N(c3ccc(F)cc3)C2)cc(-n2cccc2)n1. The third-order valence-corrected chi connectivity index (χ3v) is 5.06. The van der Waals surface area contributed by atoms with Crippen molar-refractivity contribution in [2.75, 3.05) is 29.9 Å². The number of aryl methyl sites for hydroxylation is 1. The van der Waals surface area contributed by atoms with E-state index in [1.54, 1.807) is 12.1 Å². The maximum Gasteiger partial charge on any atom is 0.227 e. The fraction of sp³-hybridized carbons (Fsp3) is 0.273. The highest BCUT2D eigenvalue weighted by Gasteiger charge is 2.34. The number of anilines is 2. The van der Waals surface area contributed by atoms with Gasteiger partial charge in [0.25, 0.3) is 0 Å². The Labute approximate surface area is 179 Å². The molecular formula is C22H23FN6O2. The van der Waals surface area contributed by atoms with Gasteiger partial charge in [0.2, 0.25) is 11.8 Å². The van der Waals surface area contributed by atoms with Crippen LogP contribution in [-0.2, 0) is 9.59 Å². The molecule has 1 aliphatic heterocycles. The van der Waals surface area contributed by atoms with Crippen molar-refractivity contribution < 1.29 is 14.0 Å². The molecule has 0 spiro atoms. The molecule has 3 aromatic rings. The van der Waals surface area contributed by atoms with Crippen LogP contribution < -0.4 is 15.5 Å². The third-order valence-electron chi connectivity index (χ3n) is 5.06. The summed E-state index contributed by atoms with van der Waals surface area (Å²) in [6.07, 6.45) is 3.95. The van der Waals surface area contributed by atoms with Crippen LogP contribution in [0.2, 0.25) is 0 Å². The Kier molecular flexibility index (Phi) is 5.92. The van der Waals surface area contributed by atoms with Crippen LogP contribution >= 0.6 is 0 Å². The van der Waals surface area contributed by atoms with Crippen LogP contribution in [0, 0.1) is 18.7 Å². The fourth-order valence-corrected chi connectivity index (χ4v) is 3.54. The highest BCUT2D eigenvalue weighted by Crippen LogP contribution is 2.25. The normalized spacial score (nSPS) is 15.9. The van der Waals surface area contributed by atoms with Crippen molar-refractivity contribution in [1.82, 2.24) is 19.9 Å². The molecule has 9 heteroatoms. The van der Waals surface area contributed by atoms with E-state index in [0.29, 0.717) is 30.4 Å². The third kappa shape index (κ3) is 4.88. The second kappa shape index (κ2) is 8.95. The van der Waals surface area contributed by atoms with Crippen LogP contribution in [0.15, 0.2) is 54.9 Å². The lowest BCUT2D eigenvalue weighted by Gasteiger charge is -2.16. The summed E-state index contributed by atoms with van der Waals surface area (Å²) in [6.45, 7) is 2.98. The minimum Gasteiger partial charge on any atom is -0.368 e. The number of nitrogens with one attached hydrogen (secondary N) is 2. The molecule has 2 N–H and O–H groups in total. The van der Waals surface area contributed by atoms with E-state index in [1.807, 2.05) is 42.1 Å². The van der Waals surface area contributed by atoms with Gasteiger partial charge in [0.15, 0.2) is 0 Å². The Morgan fingerprint density at radius 1 is 1.16 bits per heavy atom. The Bertz CT molecular complexity index is 1070. The van der Waals surface area contributed by atoms with Gasteiger partial charge < -0.3 is 20.1 Å². The van der Waals surface area contributed by atoms with Crippen molar-refractivity contribution in [3.8, 4) is 5.82 Å². The minimum absolute atomic E-state index is 0.140. The number of halogens is 1. The van der Waals surface area contributed by atoms with Crippen LogP contribution in [-0.4, -0.2) is 46.0 Å². The van der Waals surface area contributed by atoms with E-state index < -0.39 is 5.92 Å². The van der Waals surface area contributed by atoms with E-state index >= 15 is 0 Å². The highest BCUT2D eigenvalue weighted by atomic mass is 19.1. The van der Waals surface area contributed by atoms with Gasteiger partial charge in [0.1, 0.15) is 23.3 Å². The van der Waals surface area contributed by atoms with Gasteiger partial charge in [-0.05, 0) is 43.3 Å². The van der Waals surface area contributed by atoms with E-state index in [1.165, 1.54) is 17.0 Å². The van der Waals surface area contributed by atoms with Crippen LogP contribution in [0.1, 0.15) is 12.2 Å². The number of carbonyl (C=O) groups excluding carboxylic acids is 2. The van der Waals surface area contributed by atoms with E-state index in [4.69, 9.17) is 0 Å². The van der Waals surface area contributed by atoms with E-state index in [9.17, 15) is 14.0 Å². The van der Waals surface area contributed by atoms with Crippen molar-refractivity contribution in [1.29, 1.82) is 0 Å². The molecule has 2 amide bonds. The second-order valence-corrected chi connectivity index (χ2v) is 7.35. The lowest BCUT2D eigenvalue weighted by molar-refractivity contribution is -0.126. The van der Waals surface area contributed by atoms with Crippen molar-refractivity contribution in [2.45, 2.75) is 13.3 Å². The van der Waals surface area contributed by atoms with Gasteiger partial charge in [-0.1, -0.05) is 0 Å². The quantitative estimate of drug-likeness (QED) is 0.570. The van der Waals surface area contributed by atoms with Crippen molar-refractivity contribution in [3.05, 3.63) is 66.5 Å². The summed E-state index contributed by atoms with van der Waals surface area (Å²) in [5.41, 5.74) is 0.598. The number of hydrogen-bond acceptors (Lipinski definition) is 5. The maximum absolute atomic E-state index is 13.1. The zero-order valence-electron chi connectivity index (χ0n) is 17.1. The molecule has 1 aromatic carbocycles. The molecule has 1 unspecified atom stereocenters. The number of nitrogens with zero attached hydrogens (tertiary/aromatic N) is 4. The molecule has 2 aromatic heterocycles. The van der Waals surface area contributed by atoms with Crippen LogP contribution in [0.5, 0.6) is 0 Å². The van der Waals surface area contributed by atoms with Gasteiger partial charge in [0.05, 0.1) is 5.92 Å². The molecule has 1 aliphatic rings.